The van der Waals surface area contributed by atoms with Crippen molar-refractivity contribution < 1.29 is 9.53 Å². The SMILES string of the molecule is CC(C)(C)CCC1(C(=O)c2ccc(Cl)c(OCc3ccccc3)c2)CCNC1. The molecular formula is C24H30ClNO2. The van der Waals surface area contributed by atoms with Gasteiger partial charge in [0, 0.05) is 17.5 Å². The van der Waals surface area contributed by atoms with Crippen molar-refractivity contribution >= 4 is 17.4 Å². The molecule has 2 aromatic rings. The van der Waals surface area contributed by atoms with Crippen LogP contribution in [0.15, 0.2) is 48.5 Å². The molecule has 1 fully saturated rings. The summed E-state index contributed by atoms with van der Waals surface area (Å²) in [6.07, 6.45) is 2.79. The molecule has 0 amide bonds. The van der Waals surface area contributed by atoms with E-state index in [9.17, 15) is 4.79 Å². The summed E-state index contributed by atoms with van der Waals surface area (Å²) >= 11 is 6.33. The Balaban J connectivity index is 1.78. The third kappa shape index (κ3) is 5.15. The second-order valence-corrected chi connectivity index (χ2v) is 9.42. The molecule has 0 aromatic heterocycles. The molecule has 1 atom stereocenters. The van der Waals surface area contributed by atoms with Crippen LogP contribution in [0.2, 0.25) is 5.02 Å². The van der Waals surface area contributed by atoms with Crippen LogP contribution in [0, 0.1) is 10.8 Å². The summed E-state index contributed by atoms with van der Waals surface area (Å²) < 4.78 is 5.92. The lowest BCUT2D eigenvalue weighted by Crippen LogP contribution is -2.34. The summed E-state index contributed by atoms with van der Waals surface area (Å²) in [6, 6.07) is 15.4. The number of ether oxygens (including phenoxy) is 1. The third-order valence-electron chi connectivity index (χ3n) is 5.51. The minimum absolute atomic E-state index is 0.197. The molecule has 3 rings (SSSR count). The van der Waals surface area contributed by atoms with E-state index in [0.717, 1.165) is 37.9 Å². The van der Waals surface area contributed by atoms with Crippen LogP contribution in [0.25, 0.3) is 0 Å². The van der Waals surface area contributed by atoms with E-state index >= 15 is 0 Å². The number of Topliss-reactive ketones (excluding diaryl/α,β-unsaturated/α-hetero) is 1. The van der Waals surface area contributed by atoms with Gasteiger partial charge >= 0.3 is 0 Å². The van der Waals surface area contributed by atoms with E-state index in [1.807, 2.05) is 42.5 Å². The lowest BCUT2D eigenvalue weighted by atomic mass is 9.72. The van der Waals surface area contributed by atoms with E-state index in [1.165, 1.54) is 0 Å². The minimum atomic E-state index is -0.336. The highest BCUT2D eigenvalue weighted by atomic mass is 35.5. The summed E-state index contributed by atoms with van der Waals surface area (Å²) in [6.45, 7) is 8.74. The van der Waals surface area contributed by atoms with E-state index in [2.05, 4.69) is 26.1 Å². The van der Waals surface area contributed by atoms with E-state index in [-0.39, 0.29) is 16.6 Å². The normalized spacial score (nSPS) is 19.6. The Morgan fingerprint density at radius 2 is 1.93 bits per heavy atom. The Kier molecular flexibility index (Phi) is 6.47. The van der Waals surface area contributed by atoms with Crippen LogP contribution in [0.3, 0.4) is 0 Å². The highest BCUT2D eigenvalue weighted by molar-refractivity contribution is 6.32. The van der Waals surface area contributed by atoms with Gasteiger partial charge in [-0.2, -0.15) is 0 Å². The molecule has 1 N–H and O–H groups in total. The van der Waals surface area contributed by atoms with Crippen LogP contribution < -0.4 is 10.1 Å². The second kappa shape index (κ2) is 8.67. The van der Waals surface area contributed by atoms with Gasteiger partial charge in [0.25, 0.3) is 0 Å². The number of benzene rings is 2. The first-order valence-corrected chi connectivity index (χ1v) is 10.4. The van der Waals surface area contributed by atoms with Crippen molar-refractivity contribution in [1.82, 2.24) is 5.32 Å². The summed E-state index contributed by atoms with van der Waals surface area (Å²) in [5, 5.41) is 3.92. The second-order valence-electron chi connectivity index (χ2n) is 9.02. The fourth-order valence-electron chi connectivity index (χ4n) is 3.68. The van der Waals surface area contributed by atoms with E-state index in [1.54, 1.807) is 6.07 Å². The number of rotatable bonds is 7. The quantitative estimate of drug-likeness (QED) is 0.588. The van der Waals surface area contributed by atoms with Crippen LogP contribution in [0.4, 0.5) is 0 Å². The lowest BCUT2D eigenvalue weighted by molar-refractivity contribution is 0.0783. The van der Waals surface area contributed by atoms with Gasteiger partial charge in [-0.15, -0.1) is 0 Å². The monoisotopic (exact) mass is 399 g/mol. The molecule has 1 unspecified atom stereocenters. The van der Waals surface area contributed by atoms with Gasteiger partial charge in [0.2, 0.25) is 0 Å². The first kappa shape index (κ1) is 20.9. The van der Waals surface area contributed by atoms with Gasteiger partial charge in [-0.05, 0) is 55.0 Å². The highest BCUT2D eigenvalue weighted by Crippen LogP contribution is 2.39. The Labute approximate surface area is 173 Å². The molecule has 0 saturated carbocycles. The topological polar surface area (TPSA) is 38.3 Å². The van der Waals surface area contributed by atoms with Gasteiger partial charge in [-0.25, -0.2) is 0 Å². The van der Waals surface area contributed by atoms with Crippen molar-refractivity contribution in [2.75, 3.05) is 13.1 Å². The fraction of sp³-hybridized carbons (Fsp3) is 0.458. The molecule has 3 nitrogen and oxygen atoms in total. The standard InChI is InChI=1S/C24H30ClNO2/c1-23(2,3)11-12-24(13-14-26-17-24)22(27)19-9-10-20(25)21(15-19)28-16-18-7-5-4-6-8-18/h4-10,15,26H,11-14,16-17H2,1-3H3. The van der Waals surface area contributed by atoms with Crippen molar-refractivity contribution in [3.63, 3.8) is 0 Å². The van der Waals surface area contributed by atoms with Crippen molar-refractivity contribution in [3.8, 4) is 5.75 Å². The van der Waals surface area contributed by atoms with Crippen LogP contribution in [0.5, 0.6) is 5.75 Å². The maximum atomic E-state index is 13.5. The first-order valence-electron chi connectivity index (χ1n) is 10.0. The van der Waals surface area contributed by atoms with Crippen LogP contribution in [0.1, 0.15) is 56.0 Å². The third-order valence-corrected chi connectivity index (χ3v) is 5.82. The minimum Gasteiger partial charge on any atom is -0.487 e. The average Bonchev–Trinajstić information content (AvgIpc) is 3.16. The lowest BCUT2D eigenvalue weighted by Gasteiger charge is -2.30. The smallest absolute Gasteiger partial charge is 0.170 e. The molecule has 1 heterocycles. The molecule has 1 saturated heterocycles. The molecule has 0 aliphatic carbocycles. The number of nitrogens with one attached hydrogen (secondary N) is 1. The summed E-state index contributed by atoms with van der Waals surface area (Å²) in [5.74, 6) is 0.760. The molecular weight excluding hydrogens is 370 g/mol. The largest absolute Gasteiger partial charge is 0.487 e. The predicted molar refractivity (Wildman–Crippen MR) is 115 cm³/mol. The van der Waals surface area contributed by atoms with E-state index in [0.29, 0.717) is 22.9 Å². The van der Waals surface area contributed by atoms with Gasteiger partial charge in [0.05, 0.1) is 5.02 Å². The predicted octanol–water partition coefficient (Wildman–Crippen LogP) is 5.91. The van der Waals surface area contributed by atoms with Gasteiger partial charge in [0.15, 0.2) is 5.78 Å². The Bertz CT molecular complexity index is 805. The van der Waals surface area contributed by atoms with E-state index in [4.69, 9.17) is 16.3 Å². The van der Waals surface area contributed by atoms with Gasteiger partial charge in [-0.3, -0.25) is 4.79 Å². The number of halogens is 1. The molecule has 0 spiro atoms. The maximum absolute atomic E-state index is 13.5. The molecule has 4 heteroatoms. The van der Waals surface area contributed by atoms with Crippen LogP contribution >= 0.6 is 11.6 Å². The molecule has 1 aliphatic heterocycles. The zero-order chi connectivity index (χ0) is 20.2. The van der Waals surface area contributed by atoms with Crippen molar-refractivity contribution in [2.24, 2.45) is 10.8 Å². The summed E-state index contributed by atoms with van der Waals surface area (Å²) in [4.78, 5) is 13.5. The Hall–Kier alpha value is -1.84. The van der Waals surface area contributed by atoms with Crippen molar-refractivity contribution in [2.45, 2.75) is 46.6 Å². The summed E-state index contributed by atoms with van der Waals surface area (Å²) in [7, 11) is 0. The van der Waals surface area contributed by atoms with Gasteiger partial charge in [-0.1, -0.05) is 62.7 Å². The maximum Gasteiger partial charge on any atom is 0.170 e. The van der Waals surface area contributed by atoms with Gasteiger partial charge < -0.3 is 10.1 Å². The molecule has 28 heavy (non-hydrogen) atoms. The molecule has 150 valence electrons. The summed E-state index contributed by atoms with van der Waals surface area (Å²) in [5.41, 5.74) is 1.62. The fourth-order valence-corrected chi connectivity index (χ4v) is 3.85. The molecule has 1 aliphatic rings. The van der Waals surface area contributed by atoms with E-state index < -0.39 is 0 Å². The molecule has 0 bridgehead atoms. The molecule has 0 radical (unpaired) electrons. The zero-order valence-corrected chi connectivity index (χ0v) is 17.8. The highest BCUT2D eigenvalue weighted by Gasteiger charge is 2.41. The van der Waals surface area contributed by atoms with Crippen LogP contribution in [-0.4, -0.2) is 18.9 Å². The number of carbonyl (C=O) groups is 1. The first-order chi connectivity index (χ1) is 13.3. The average molecular weight is 400 g/mol. The Morgan fingerprint density at radius 1 is 1.18 bits per heavy atom. The number of ketones is 1. The molecule has 2 aromatic carbocycles. The zero-order valence-electron chi connectivity index (χ0n) is 17.1. The Morgan fingerprint density at radius 3 is 2.57 bits per heavy atom. The number of carbonyl (C=O) groups excluding carboxylic acids is 1. The van der Waals surface area contributed by atoms with Gasteiger partial charge in [0.1, 0.15) is 12.4 Å². The van der Waals surface area contributed by atoms with Crippen molar-refractivity contribution in [1.29, 1.82) is 0 Å². The van der Waals surface area contributed by atoms with Crippen molar-refractivity contribution in [3.05, 3.63) is 64.7 Å². The number of hydrogen-bond acceptors (Lipinski definition) is 3. The number of hydrogen-bond donors (Lipinski definition) is 1. The van der Waals surface area contributed by atoms with Crippen LogP contribution in [-0.2, 0) is 6.61 Å².